The Bertz CT molecular complexity index is 570. The lowest BCUT2D eigenvalue weighted by Crippen LogP contribution is -2.48. The van der Waals surface area contributed by atoms with Crippen molar-refractivity contribution in [2.24, 2.45) is 0 Å². The van der Waals surface area contributed by atoms with Gasteiger partial charge in [0.05, 0.1) is 25.9 Å². The van der Waals surface area contributed by atoms with Crippen LogP contribution in [0, 0.1) is 0 Å². The zero-order valence-electron chi connectivity index (χ0n) is 15.1. The number of morpholine rings is 1. The first-order valence-electron chi connectivity index (χ1n) is 9.01. The predicted octanol–water partition coefficient (Wildman–Crippen LogP) is 1.68. The van der Waals surface area contributed by atoms with Gasteiger partial charge < -0.3 is 23.5 Å². The second kappa shape index (κ2) is 8.25. The van der Waals surface area contributed by atoms with E-state index in [9.17, 15) is 4.79 Å². The van der Waals surface area contributed by atoms with Crippen molar-refractivity contribution in [1.29, 1.82) is 0 Å². The predicted molar refractivity (Wildman–Crippen MR) is 88.0 cm³/mol. The van der Waals surface area contributed by atoms with Gasteiger partial charge in [0.1, 0.15) is 12.1 Å². The molecule has 0 saturated carbocycles. The highest BCUT2D eigenvalue weighted by molar-refractivity contribution is 5.81. The standard InChI is InChI=1S/C17H27N3O5/c1-11(2)15-18-19-16(25-15)14-10-22-8-6-20(14)17(21)12(3)24-9-13-5-4-7-23-13/h11-14H,4-10H2,1-3H3/t12-,13-,14+/m0/s1. The van der Waals surface area contributed by atoms with E-state index < -0.39 is 6.10 Å². The number of amides is 1. The first kappa shape index (κ1) is 18.3. The Morgan fingerprint density at radius 3 is 2.84 bits per heavy atom. The minimum Gasteiger partial charge on any atom is -0.423 e. The van der Waals surface area contributed by atoms with Crippen LogP contribution >= 0.6 is 0 Å². The summed E-state index contributed by atoms with van der Waals surface area (Å²) in [7, 11) is 0. The van der Waals surface area contributed by atoms with Gasteiger partial charge in [-0.15, -0.1) is 10.2 Å². The Labute approximate surface area is 147 Å². The van der Waals surface area contributed by atoms with Crippen LogP contribution in [0.3, 0.4) is 0 Å². The maximum absolute atomic E-state index is 12.8. The molecule has 0 unspecified atom stereocenters. The van der Waals surface area contributed by atoms with Gasteiger partial charge in [-0.2, -0.15) is 0 Å². The molecule has 2 fully saturated rings. The molecular weight excluding hydrogens is 326 g/mol. The molecule has 0 aromatic carbocycles. The van der Waals surface area contributed by atoms with E-state index in [-0.39, 0.29) is 24.0 Å². The summed E-state index contributed by atoms with van der Waals surface area (Å²) in [6.07, 6.45) is 1.59. The second-order valence-electron chi connectivity index (χ2n) is 6.87. The Kier molecular flexibility index (Phi) is 6.03. The van der Waals surface area contributed by atoms with E-state index >= 15 is 0 Å². The fourth-order valence-electron chi connectivity index (χ4n) is 3.02. The normalized spacial score (nSPS) is 25.5. The summed E-state index contributed by atoms with van der Waals surface area (Å²) in [5.74, 6) is 1.04. The van der Waals surface area contributed by atoms with Crippen LogP contribution in [0.15, 0.2) is 4.42 Å². The number of hydrogen-bond acceptors (Lipinski definition) is 7. The van der Waals surface area contributed by atoms with Crippen molar-refractivity contribution in [2.45, 2.75) is 57.8 Å². The topological polar surface area (TPSA) is 86.9 Å². The van der Waals surface area contributed by atoms with Crippen molar-refractivity contribution < 1.29 is 23.4 Å². The average Bonchev–Trinajstić information content (AvgIpc) is 3.30. The number of nitrogens with zero attached hydrogens (tertiary/aromatic N) is 3. The summed E-state index contributed by atoms with van der Waals surface area (Å²) >= 11 is 0. The molecular formula is C17H27N3O5. The Balaban J connectivity index is 1.63. The number of ether oxygens (including phenoxy) is 3. The molecule has 8 nitrogen and oxygen atoms in total. The molecule has 1 aromatic rings. The molecule has 1 aromatic heterocycles. The van der Waals surface area contributed by atoms with Crippen LogP contribution in [0.4, 0.5) is 0 Å². The first-order valence-corrected chi connectivity index (χ1v) is 9.01. The first-order chi connectivity index (χ1) is 12.1. The van der Waals surface area contributed by atoms with Gasteiger partial charge >= 0.3 is 0 Å². The van der Waals surface area contributed by atoms with Crippen LogP contribution in [-0.4, -0.2) is 66.2 Å². The molecule has 3 atom stereocenters. The average molecular weight is 353 g/mol. The largest absolute Gasteiger partial charge is 0.423 e. The van der Waals surface area contributed by atoms with Gasteiger partial charge in [0, 0.05) is 19.1 Å². The number of carbonyl (C=O) groups excluding carboxylic acids is 1. The molecule has 2 saturated heterocycles. The van der Waals surface area contributed by atoms with Gasteiger partial charge in [0.2, 0.25) is 11.8 Å². The van der Waals surface area contributed by atoms with Gasteiger partial charge in [-0.1, -0.05) is 13.8 Å². The summed E-state index contributed by atoms with van der Waals surface area (Å²) in [4.78, 5) is 14.6. The molecule has 3 rings (SSSR count). The molecule has 1 amide bonds. The minimum absolute atomic E-state index is 0.0874. The summed E-state index contributed by atoms with van der Waals surface area (Å²) in [6, 6.07) is -0.366. The summed E-state index contributed by atoms with van der Waals surface area (Å²) < 4.78 is 22.5. The highest BCUT2D eigenvalue weighted by Gasteiger charge is 2.35. The van der Waals surface area contributed by atoms with E-state index in [1.807, 2.05) is 13.8 Å². The number of hydrogen-bond donors (Lipinski definition) is 0. The van der Waals surface area contributed by atoms with Crippen LogP contribution in [0.5, 0.6) is 0 Å². The van der Waals surface area contributed by atoms with Crippen molar-refractivity contribution in [3.8, 4) is 0 Å². The summed E-state index contributed by atoms with van der Waals surface area (Å²) in [5.41, 5.74) is 0. The molecule has 140 valence electrons. The molecule has 8 heteroatoms. The lowest BCUT2D eigenvalue weighted by atomic mass is 10.2. The van der Waals surface area contributed by atoms with E-state index in [1.54, 1.807) is 11.8 Å². The molecule has 3 heterocycles. The van der Waals surface area contributed by atoms with Crippen LogP contribution in [0.2, 0.25) is 0 Å². The van der Waals surface area contributed by atoms with E-state index in [2.05, 4.69) is 10.2 Å². The molecule has 2 aliphatic rings. The second-order valence-corrected chi connectivity index (χ2v) is 6.87. The molecule has 0 spiro atoms. The highest BCUT2D eigenvalue weighted by Crippen LogP contribution is 2.26. The molecule has 0 bridgehead atoms. The van der Waals surface area contributed by atoms with Gasteiger partial charge in [0.25, 0.3) is 5.91 Å². The van der Waals surface area contributed by atoms with E-state index in [1.165, 1.54) is 0 Å². The number of rotatable bonds is 6. The van der Waals surface area contributed by atoms with Crippen molar-refractivity contribution in [3.63, 3.8) is 0 Å². The van der Waals surface area contributed by atoms with Crippen molar-refractivity contribution in [3.05, 3.63) is 11.8 Å². The van der Waals surface area contributed by atoms with Crippen LogP contribution in [0.1, 0.15) is 57.4 Å². The van der Waals surface area contributed by atoms with E-state index in [0.717, 1.165) is 19.4 Å². The molecule has 2 aliphatic heterocycles. The fourth-order valence-corrected chi connectivity index (χ4v) is 3.02. The van der Waals surface area contributed by atoms with E-state index in [0.29, 0.717) is 38.1 Å². The van der Waals surface area contributed by atoms with Gasteiger partial charge in [-0.3, -0.25) is 4.79 Å². The van der Waals surface area contributed by atoms with Crippen molar-refractivity contribution >= 4 is 5.91 Å². The Morgan fingerprint density at radius 1 is 1.32 bits per heavy atom. The molecule has 0 radical (unpaired) electrons. The fraction of sp³-hybridized carbons (Fsp3) is 0.824. The summed E-state index contributed by atoms with van der Waals surface area (Å²) in [6.45, 7) is 8.29. The van der Waals surface area contributed by atoms with Gasteiger partial charge in [-0.05, 0) is 19.8 Å². The number of carbonyl (C=O) groups is 1. The molecule has 0 N–H and O–H groups in total. The van der Waals surface area contributed by atoms with Crippen molar-refractivity contribution in [2.75, 3.05) is 33.0 Å². The maximum atomic E-state index is 12.8. The third-order valence-corrected chi connectivity index (χ3v) is 4.55. The highest BCUT2D eigenvalue weighted by atomic mass is 16.5. The van der Waals surface area contributed by atoms with Crippen LogP contribution in [0.25, 0.3) is 0 Å². The zero-order valence-corrected chi connectivity index (χ0v) is 15.1. The number of aromatic nitrogens is 2. The third kappa shape index (κ3) is 4.37. The van der Waals surface area contributed by atoms with E-state index in [4.69, 9.17) is 18.6 Å². The monoisotopic (exact) mass is 353 g/mol. The lowest BCUT2D eigenvalue weighted by molar-refractivity contribution is -0.154. The van der Waals surface area contributed by atoms with Gasteiger partial charge in [-0.25, -0.2) is 0 Å². The molecule has 25 heavy (non-hydrogen) atoms. The summed E-state index contributed by atoms with van der Waals surface area (Å²) in [5, 5.41) is 8.17. The Hall–Kier alpha value is -1.51. The van der Waals surface area contributed by atoms with Crippen LogP contribution in [-0.2, 0) is 19.0 Å². The Morgan fingerprint density at radius 2 is 2.16 bits per heavy atom. The minimum atomic E-state index is -0.544. The quantitative estimate of drug-likeness (QED) is 0.769. The molecule has 0 aliphatic carbocycles. The SMILES string of the molecule is CC(C)c1nnc([C@H]2COCCN2C(=O)[C@H](C)OC[C@@H]2CCCO2)o1. The van der Waals surface area contributed by atoms with Crippen molar-refractivity contribution in [1.82, 2.24) is 15.1 Å². The third-order valence-electron chi connectivity index (χ3n) is 4.55. The lowest BCUT2D eigenvalue weighted by Gasteiger charge is -2.35. The van der Waals surface area contributed by atoms with Gasteiger partial charge in [0.15, 0.2) is 0 Å². The van der Waals surface area contributed by atoms with Crippen LogP contribution < -0.4 is 0 Å². The smallest absolute Gasteiger partial charge is 0.252 e. The zero-order chi connectivity index (χ0) is 17.8. The maximum Gasteiger partial charge on any atom is 0.252 e.